The van der Waals surface area contributed by atoms with Gasteiger partial charge in [-0.2, -0.15) is 0 Å². The number of hydrogen-bond donors (Lipinski definition) is 3. The van der Waals surface area contributed by atoms with E-state index in [-0.39, 0.29) is 25.0 Å². The molecule has 1 aromatic rings. The second-order valence-corrected chi connectivity index (χ2v) is 5.85. The maximum Gasteiger partial charge on any atom is 0.326 e. The van der Waals surface area contributed by atoms with E-state index in [1.165, 1.54) is 4.90 Å². The van der Waals surface area contributed by atoms with Crippen LogP contribution in [0, 0.1) is 5.92 Å². The topological polar surface area (TPSA) is 98.3 Å². The molecular formula is C14H20N4O3. The number of nitrogens with one attached hydrogen (secondary N) is 2. The average Bonchev–Trinajstić information content (AvgIpc) is 3.01. The lowest BCUT2D eigenvalue weighted by Gasteiger charge is -2.32. The van der Waals surface area contributed by atoms with Crippen molar-refractivity contribution in [2.24, 2.45) is 5.92 Å². The van der Waals surface area contributed by atoms with E-state index < -0.39 is 12.0 Å². The molecular weight excluding hydrogens is 272 g/mol. The number of carbonyl (C=O) groups is 2. The highest BCUT2D eigenvalue weighted by Gasteiger charge is 2.41. The summed E-state index contributed by atoms with van der Waals surface area (Å²) in [6.45, 7) is 2.39. The molecule has 3 N–H and O–H groups in total. The first-order valence-corrected chi connectivity index (χ1v) is 7.41. The Morgan fingerprint density at radius 1 is 1.57 bits per heavy atom. The van der Waals surface area contributed by atoms with Gasteiger partial charge in [0, 0.05) is 12.5 Å². The van der Waals surface area contributed by atoms with Gasteiger partial charge in [0.2, 0.25) is 0 Å². The number of imidazole rings is 1. The molecule has 114 valence electrons. The number of aromatic nitrogens is 2. The predicted octanol–water partition coefficient (Wildman–Crippen LogP) is 1.12. The third-order valence-corrected chi connectivity index (χ3v) is 4.34. The van der Waals surface area contributed by atoms with E-state index in [2.05, 4.69) is 22.2 Å². The van der Waals surface area contributed by atoms with Crippen LogP contribution >= 0.6 is 0 Å². The summed E-state index contributed by atoms with van der Waals surface area (Å²) < 4.78 is 0. The van der Waals surface area contributed by atoms with Gasteiger partial charge in [-0.05, 0) is 18.8 Å². The number of aromatic amines is 1. The number of H-pyrrole nitrogens is 1. The molecule has 0 bridgehead atoms. The van der Waals surface area contributed by atoms with Gasteiger partial charge in [-0.25, -0.2) is 14.6 Å². The highest BCUT2D eigenvalue weighted by atomic mass is 16.4. The summed E-state index contributed by atoms with van der Waals surface area (Å²) in [6.07, 6.45) is 5.02. The third kappa shape index (κ3) is 2.72. The molecule has 2 amide bonds. The number of amides is 2. The van der Waals surface area contributed by atoms with Gasteiger partial charge in [0.25, 0.3) is 0 Å². The van der Waals surface area contributed by atoms with Gasteiger partial charge >= 0.3 is 12.0 Å². The number of carboxylic acid groups (broad SMARTS) is 1. The van der Waals surface area contributed by atoms with Crippen molar-refractivity contribution in [2.45, 2.75) is 51.2 Å². The van der Waals surface area contributed by atoms with Crippen molar-refractivity contribution in [2.75, 3.05) is 0 Å². The quantitative estimate of drug-likeness (QED) is 0.774. The van der Waals surface area contributed by atoms with E-state index in [0.717, 1.165) is 30.7 Å². The van der Waals surface area contributed by atoms with Crippen LogP contribution < -0.4 is 5.32 Å². The molecule has 1 aliphatic carbocycles. The summed E-state index contributed by atoms with van der Waals surface area (Å²) in [5, 5.41) is 12.3. The highest BCUT2D eigenvalue weighted by Crippen LogP contribution is 2.35. The van der Waals surface area contributed by atoms with Crippen LogP contribution in [0.2, 0.25) is 0 Å². The van der Waals surface area contributed by atoms with Crippen molar-refractivity contribution in [1.29, 1.82) is 0 Å². The summed E-state index contributed by atoms with van der Waals surface area (Å²) in [4.78, 5) is 32.3. The maximum absolute atomic E-state index is 12.4. The van der Waals surface area contributed by atoms with Crippen LogP contribution in [0.5, 0.6) is 0 Å². The van der Waals surface area contributed by atoms with Crippen molar-refractivity contribution in [3.63, 3.8) is 0 Å². The van der Waals surface area contributed by atoms with Crippen molar-refractivity contribution >= 4 is 12.0 Å². The number of aliphatic carboxylic acids is 1. The molecule has 7 nitrogen and oxygen atoms in total. The molecule has 1 saturated carbocycles. The Morgan fingerprint density at radius 3 is 3.10 bits per heavy atom. The lowest BCUT2D eigenvalue weighted by molar-refractivity contribution is -0.142. The molecule has 0 aromatic carbocycles. The summed E-state index contributed by atoms with van der Waals surface area (Å²) in [5.41, 5.74) is 1.56. The molecule has 7 heteroatoms. The zero-order chi connectivity index (χ0) is 15.0. The van der Waals surface area contributed by atoms with Gasteiger partial charge in [-0.15, -0.1) is 0 Å². The summed E-state index contributed by atoms with van der Waals surface area (Å²) >= 11 is 0. The van der Waals surface area contributed by atoms with Gasteiger partial charge in [-0.1, -0.05) is 13.3 Å². The summed E-state index contributed by atoms with van der Waals surface area (Å²) in [7, 11) is 0. The Bertz CT molecular complexity index is 556. The van der Waals surface area contributed by atoms with Crippen LogP contribution in [0.25, 0.3) is 0 Å². The van der Waals surface area contributed by atoms with Crippen molar-refractivity contribution in [3.05, 3.63) is 17.7 Å². The van der Waals surface area contributed by atoms with E-state index in [9.17, 15) is 14.7 Å². The van der Waals surface area contributed by atoms with E-state index in [1.54, 1.807) is 6.33 Å². The number of carboxylic acids is 1. The average molecular weight is 292 g/mol. The first-order chi connectivity index (χ1) is 10.1. The molecule has 1 fully saturated rings. The molecule has 21 heavy (non-hydrogen) atoms. The van der Waals surface area contributed by atoms with Crippen LogP contribution in [0.3, 0.4) is 0 Å². The van der Waals surface area contributed by atoms with Gasteiger partial charge < -0.3 is 20.3 Å². The Kier molecular flexibility index (Phi) is 3.57. The van der Waals surface area contributed by atoms with E-state index in [0.29, 0.717) is 5.92 Å². The van der Waals surface area contributed by atoms with Crippen LogP contribution in [-0.4, -0.2) is 44.1 Å². The van der Waals surface area contributed by atoms with Gasteiger partial charge in [0.15, 0.2) is 0 Å². The number of fused-ring (bicyclic) bond motifs is 1. The fourth-order valence-corrected chi connectivity index (χ4v) is 3.03. The van der Waals surface area contributed by atoms with Crippen LogP contribution in [0.15, 0.2) is 6.33 Å². The smallest absolute Gasteiger partial charge is 0.326 e. The fraction of sp³-hybridized carbons (Fsp3) is 0.643. The number of rotatable bonds is 4. The molecule has 2 heterocycles. The predicted molar refractivity (Wildman–Crippen MR) is 74.6 cm³/mol. The standard InChI is InChI=1S/C14H20N4O3/c1-2-3-8-4-9(8)17-14(21)18-6-11-10(15-7-16-11)5-12(18)13(19)20/h7-9,12H,2-6H2,1H3,(H,15,16)(H,17,21)(H,19,20). The molecule has 0 saturated heterocycles. The first-order valence-electron chi connectivity index (χ1n) is 7.41. The fourth-order valence-electron chi connectivity index (χ4n) is 3.03. The van der Waals surface area contributed by atoms with Crippen LogP contribution in [0.1, 0.15) is 37.6 Å². The van der Waals surface area contributed by atoms with Crippen LogP contribution in [-0.2, 0) is 17.8 Å². The SMILES string of the molecule is CCCC1CC1NC(=O)N1Cc2[nH]cnc2CC1C(=O)O. The van der Waals surface area contributed by atoms with Crippen LogP contribution in [0.4, 0.5) is 4.79 Å². The lowest BCUT2D eigenvalue weighted by atomic mass is 10.0. The Balaban J connectivity index is 1.68. The van der Waals surface area contributed by atoms with E-state index in [4.69, 9.17) is 0 Å². The third-order valence-electron chi connectivity index (χ3n) is 4.34. The highest BCUT2D eigenvalue weighted by molar-refractivity contribution is 5.83. The van der Waals surface area contributed by atoms with E-state index >= 15 is 0 Å². The molecule has 0 spiro atoms. The molecule has 0 radical (unpaired) electrons. The lowest BCUT2D eigenvalue weighted by Crippen LogP contribution is -2.52. The Hall–Kier alpha value is -2.05. The van der Waals surface area contributed by atoms with Gasteiger partial charge in [0.05, 0.1) is 24.3 Å². The minimum Gasteiger partial charge on any atom is -0.480 e. The number of nitrogens with zero attached hydrogens (tertiary/aromatic N) is 2. The maximum atomic E-state index is 12.4. The second-order valence-electron chi connectivity index (χ2n) is 5.85. The minimum atomic E-state index is -0.986. The Labute approximate surface area is 122 Å². The zero-order valence-corrected chi connectivity index (χ0v) is 12.0. The first kappa shape index (κ1) is 13.9. The number of urea groups is 1. The largest absolute Gasteiger partial charge is 0.480 e. The number of hydrogen-bond acceptors (Lipinski definition) is 3. The molecule has 3 rings (SSSR count). The van der Waals surface area contributed by atoms with Crippen molar-refractivity contribution in [1.82, 2.24) is 20.2 Å². The zero-order valence-electron chi connectivity index (χ0n) is 12.0. The second kappa shape index (κ2) is 5.38. The Morgan fingerprint density at radius 2 is 2.38 bits per heavy atom. The number of carbonyl (C=O) groups excluding carboxylic acids is 1. The minimum absolute atomic E-state index is 0.204. The van der Waals surface area contributed by atoms with E-state index in [1.807, 2.05) is 0 Å². The monoisotopic (exact) mass is 292 g/mol. The summed E-state index contributed by atoms with van der Waals surface area (Å²) in [5.74, 6) is -0.436. The molecule has 3 atom stereocenters. The van der Waals surface area contributed by atoms with Gasteiger partial charge in [-0.3, -0.25) is 0 Å². The van der Waals surface area contributed by atoms with Gasteiger partial charge in [0.1, 0.15) is 6.04 Å². The molecule has 1 aromatic heterocycles. The molecule has 2 aliphatic rings. The van der Waals surface area contributed by atoms with Crippen molar-refractivity contribution < 1.29 is 14.7 Å². The molecule has 3 unspecified atom stereocenters. The molecule has 1 aliphatic heterocycles. The summed E-state index contributed by atoms with van der Waals surface area (Å²) in [6, 6.07) is -0.925. The van der Waals surface area contributed by atoms with Crippen molar-refractivity contribution in [3.8, 4) is 0 Å². The normalized spacial score (nSPS) is 27.1.